The number of aromatic hydroxyl groups is 1. The van der Waals surface area contributed by atoms with Crippen LogP contribution in [0.25, 0.3) is 0 Å². The molecule has 0 amide bonds. The first kappa shape index (κ1) is 12.9. The minimum atomic E-state index is -0.665. The second-order valence-electron chi connectivity index (χ2n) is 3.92. The lowest BCUT2D eigenvalue weighted by molar-refractivity contribution is 0.233. The smallest absolute Gasteiger partial charge is 0.165 e. The predicted octanol–water partition coefficient (Wildman–Crippen LogP) is 1.95. The zero-order valence-corrected chi connectivity index (χ0v) is 9.57. The maximum atomic E-state index is 13.1. The van der Waals surface area contributed by atoms with Crippen molar-refractivity contribution in [3.05, 3.63) is 29.6 Å². The van der Waals surface area contributed by atoms with E-state index in [0.717, 1.165) is 6.42 Å². The van der Waals surface area contributed by atoms with Crippen LogP contribution in [0.2, 0.25) is 0 Å². The molecule has 0 fully saturated rings. The number of halogens is 1. The lowest BCUT2D eigenvalue weighted by Gasteiger charge is -2.21. The van der Waals surface area contributed by atoms with Gasteiger partial charge in [0.25, 0.3) is 0 Å². The van der Waals surface area contributed by atoms with Gasteiger partial charge in [-0.25, -0.2) is 4.39 Å². The Bertz CT molecular complexity index is 344. The fourth-order valence-electron chi connectivity index (χ4n) is 1.46. The maximum Gasteiger partial charge on any atom is 0.165 e. The van der Waals surface area contributed by atoms with Crippen molar-refractivity contribution in [3.8, 4) is 5.75 Å². The number of rotatable bonds is 5. The Morgan fingerprint density at radius 2 is 2.12 bits per heavy atom. The molecule has 2 atom stereocenters. The zero-order valence-electron chi connectivity index (χ0n) is 9.57. The Morgan fingerprint density at radius 1 is 1.44 bits per heavy atom. The Balaban J connectivity index is 2.82. The summed E-state index contributed by atoms with van der Waals surface area (Å²) in [6.07, 6.45) is 0.928. The van der Waals surface area contributed by atoms with Gasteiger partial charge in [-0.15, -0.1) is 0 Å². The molecule has 1 rings (SSSR count). The second-order valence-corrected chi connectivity index (χ2v) is 3.92. The highest BCUT2D eigenvalue weighted by molar-refractivity contribution is 5.30. The standard InChI is InChI=1S/C12H18FNO2/c1-3-8(2)14-11(7-15)9-4-5-12(16)10(13)6-9/h4-6,8,11,14-16H,3,7H2,1-2H3. The summed E-state index contributed by atoms with van der Waals surface area (Å²) in [6, 6.07) is 4.09. The first-order valence-corrected chi connectivity index (χ1v) is 5.43. The molecule has 16 heavy (non-hydrogen) atoms. The molecule has 3 nitrogen and oxygen atoms in total. The third-order valence-electron chi connectivity index (χ3n) is 2.65. The molecule has 0 bridgehead atoms. The normalized spacial score (nSPS) is 14.8. The van der Waals surface area contributed by atoms with Crippen LogP contribution in [0.4, 0.5) is 4.39 Å². The summed E-state index contributed by atoms with van der Waals surface area (Å²) in [4.78, 5) is 0. The topological polar surface area (TPSA) is 52.5 Å². The molecule has 0 saturated carbocycles. The maximum absolute atomic E-state index is 13.1. The van der Waals surface area contributed by atoms with Crippen molar-refractivity contribution < 1.29 is 14.6 Å². The average molecular weight is 227 g/mol. The summed E-state index contributed by atoms with van der Waals surface area (Å²) in [5.41, 5.74) is 0.637. The Kier molecular flexibility index (Phi) is 4.71. The van der Waals surface area contributed by atoms with E-state index in [2.05, 4.69) is 5.32 Å². The van der Waals surface area contributed by atoms with Crippen LogP contribution in [-0.4, -0.2) is 22.9 Å². The Morgan fingerprint density at radius 3 is 2.62 bits per heavy atom. The average Bonchev–Trinajstić information content (AvgIpc) is 2.29. The molecule has 0 aliphatic heterocycles. The molecule has 0 aliphatic rings. The van der Waals surface area contributed by atoms with E-state index in [9.17, 15) is 9.50 Å². The molecule has 0 saturated heterocycles. The largest absolute Gasteiger partial charge is 0.505 e. The highest BCUT2D eigenvalue weighted by atomic mass is 19.1. The van der Waals surface area contributed by atoms with E-state index in [1.807, 2.05) is 13.8 Å². The van der Waals surface area contributed by atoms with Gasteiger partial charge < -0.3 is 15.5 Å². The molecule has 2 unspecified atom stereocenters. The number of aliphatic hydroxyl groups excluding tert-OH is 1. The molecule has 0 radical (unpaired) electrons. The number of nitrogens with one attached hydrogen (secondary N) is 1. The van der Waals surface area contributed by atoms with E-state index < -0.39 is 5.82 Å². The van der Waals surface area contributed by atoms with E-state index in [-0.39, 0.29) is 24.4 Å². The SMILES string of the molecule is CCC(C)NC(CO)c1ccc(O)c(F)c1. The molecule has 90 valence electrons. The van der Waals surface area contributed by atoms with Gasteiger partial charge in [-0.05, 0) is 31.0 Å². The van der Waals surface area contributed by atoms with Crippen molar-refractivity contribution in [3.63, 3.8) is 0 Å². The number of phenolic OH excluding ortho intramolecular Hbond substituents is 1. The lowest BCUT2D eigenvalue weighted by atomic mass is 10.1. The molecule has 4 heteroatoms. The van der Waals surface area contributed by atoms with Crippen LogP contribution in [0, 0.1) is 5.82 Å². The van der Waals surface area contributed by atoms with Crippen molar-refractivity contribution in [2.75, 3.05) is 6.61 Å². The van der Waals surface area contributed by atoms with Gasteiger partial charge in [0.2, 0.25) is 0 Å². The third-order valence-corrected chi connectivity index (χ3v) is 2.65. The van der Waals surface area contributed by atoms with Crippen molar-refractivity contribution in [1.29, 1.82) is 0 Å². The van der Waals surface area contributed by atoms with Crippen molar-refractivity contribution >= 4 is 0 Å². The van der Waals surface area contributed by atoms with E-state index >= 15 is 0 Å². The molecule has 1 aromatic carbocycles. The number of hydrogen-bond donors (Lipinski definition) is 3. The molecule has 0 aromatic heterocycles. The molecule has 0 aliphatic carbocycles. The summed E-state index contributed by atoms with van der Waals surface area (Å²) >= 11 is 0. The Labute approximate surface area is 94.9 Å². The van der Waals surface area contributed by atoms with Gasteiger partial charge in [0.1, 0.15) is 0 Å². The van der Waals surface area contributed by atoms with Crippen molar-refractivity contribution in [1.82, 2.24) is 5.32 Å². The van der Waals surface area contributed by atoms with Gasteiger partial charge >= 0.3 is 0 Å². The molecule has 0 spiro atoms. The van der Waals surface area contributed by atoms with E-state index in [4.69, 9.17) is 5.11 Å². The van der Waals surface area contributed by atoms with Crippen LogP contribution in [0.5, 0.6) is 5.75 Å². The monoisotopic (exact) mass is 227 g/mol. The van der Waals surface area contributed by atoms with Crippen LogP contribution < -0.4 is 5.32 Å². The quantitative estimate of drug-likeness (QED) is 0.720. The number of aliphatic hydroxyl groups is 1. The van der Waals surface area contributed by atoms with E-state index in [1.165, 1.54) is 12.1 Å². The fourth-order valence-corrected chi connectivity index (χ4v) is 1.46. The molecular weight excluding hydrogens is 209 g/mol. The minimum absolute atomic E-state index is 0.103. The molecular formula is C12H18FNO2. The van der Waals surface area contributed by atoms with Gasteiger partial charge in [-0.1, -0.05) is 13.0 Å². The zero-order chi connectivity index (χ0) is 12.1. The third kappa shape index (κ3) is 3.18. The molecule has 3 N–H and O–H groups in total. The van der Waals surface area contributed by atoms with Gasteiger partial charge in [-0.3, -0.25) is 0 Å². The van der Waals surface area contributed by atoms with Crippen LogP contribution in [0.3, 0.4) is 0 Å². The number of phenols is 1. The van der Waals surface area contributed by atoms with Gasteiger partial charge in [0.05, 0.1) is 12.6 Å². The predicted molar refractivity (Wildman–Crippen MR) is 60.8 cm³/mol. The summed E-state index contributed by atoms with van der Waals surface area (Å²) in [5, 5.41) is 21.5. The number of hydrogen-bond acceptors (Lipinski definition) is 3. The summed E-state index contributed by atoms with van der Waals surface area (Å²) in [7, 11) is 0. The summed E-state index contributed by atoms with van der Waals surface area (Å²) < 4.78 is 13.1. The van der Waals surface area contributed by atoms with Gasteiger partial charge in [-0.2, -0.15) is 0 Å². The van der Waals surface area contributed by atoms with Crippen LogP contribution in [0.1, 0.15) is 31.9 Å². The van der Waals surface area contributed by atoms with Crippen molar-refractivity contribution in [2.45, 2.75) is 32.4 Å². The Hall–Kier alpha value is -1.13. The van der Waals surface area contributed by atoms with E-state index in [0.29, 0.717) is 5.56 Å². The fraction of sp³-hybridized carbons (Fsp3) is 0.500. The lowest BCUT2D eigenvalue weighted by Crippen LogP contribution is -2.32. The van der Waals surface area contributed by atoms with Crippen LogP contribution in [0.15, 0.2) is 18.2 Å². The van der Waals surface area contributed by atoms with Crippen LogP contribution >= 0.6 is 0 Å². The summed E-state index contributed by atoms with van der Waals surface area (Å²) in [5.74, 6) is -1.04. The minimum Gasteiger partial charge on any atom is -0.505 e. The van der Waals surface area contributed by atoms with Crippen LogP contribution in [-0.2, 0) is 0 Å². The van der Waals surface area contributed by atoms with Crippen molar-refractivity contribution in [2.24, 2.45) is 0 Å². The first-order valence-electron chi connectivity index (χ1n) is 5.43. The van der Waals surface area contributed by atoms with Gasteiger partial charge in [0, 0.05) is 6.04 Å². The van der Waals surface area contributed by atoms with E-state index in [1.54, 1.807) is 6.07 Å². The highest BCUT2D eigenvalue weighted by Crippen LogP contribution is 2.21. The first-order chi connectivity index (χ1) is 7.58. The van der Waals surface area contributed by atoms with Gasteiger partial charge in [0.15, 0.2) is 11.6 Å². The summed E-state index contributed by atoms with van der Waals surface area (Å²) in [6.45, 7) is 3.93. The highest BCUT2D eigenvalue weighted by Gasteiger charge is 2.14. The molecule has 1 aromatic rings. The molecule has 0 heterocycles. The number of benzene rings is 1. The second kappa shape index (κ2) is 5.82.